The van der Waals surface area contributed by atoms with Crippen molar-refractivity contribution in [3.63, 3.8) is 0 Å². The Hall–Kier alpha value is -3.62. The Morgan fingerprint density at radius 3 is 1.74 bits per heavy atom. The summed E-state index contributed by atoms with van der Waals surface area (Å²) >= 11 is 6.68. The van der Waals surface area contributed by atoms with Crippen LogP contribution >= 0.6 is 11.6 Å². The molecule has 0 amide bonds. The summed E-state index contributed by atoms with van der Waals surface area (Å²) in [4.78, 5) is 4.42. The van der Waals surface area contributed by atoms with Crippen LogP contribution in [0.15, 0.2) is 128 Å². The van der Waals surface area contributed by atoms with E-state index in [2.05, 4.69) is 88.4 Å². The van der Waals surface area contributed by atoms with Gasteiger partial charge in [-0.15, -0.1) is 0 Å². The van der Waals surface area contributed by atoms with Crippen LogP contribution in [0.1, 0.15) is 16.7 Å². The molecule has 150 valence electrons. The second kappa shape index (κ2) is 8.25. The minimum atomic E-state index is -0.616. The molecule has 0 bridgehead atoms. The third kappa shape index (κ3) is 3.26. The summed E-state index contributed by atoms with van der Waals surface area (Å²) in [7, 11) is 0. The first kappa shape index (κ1) is 19.3. The predicted octanol–water partition coefficient (Wildman–Crippen LogP) is 7.04. The number of benzene rings is 4. The lowest BCUT2D eigenvalue weighted by Crippen LogP contribution is -2.37. The number of aromatic nitrogens is 2. The van der Waals surface area contributed by atoms with Crippen LogP contribution in [-0.2, 0) is 5.54 Å². The fourth-order valence-electron chi connectivity index (χ4n) is 4.44. The molecular formula is C28H21ClN2. The molecule has 0 radical (unpaired) electrons. The van der Waals surface area contributed by atoms with Gasteiger partial charge in [0.15, 0.2) is 0 Å². The molecule has 0 saturated carbocycles. The Bertz CT molecular complexity index is 1240. The van der Waals surface area contributed by atoms with E-state index in [0.717, 1.165) is 32.8 Å². The van der Waals surface area contributed by atoms with Crippen LogP contribution in [0.4, 0.5) is 0 Å². The predicted molar refractivity (Wildman–Crippen MR) is 127 cm³/mol. The highest BCUT2D eigenvalue weighted by Crippen LogP contribution is 2.45. The molecule has 1 heterocycles. The van der Waals surface area contributed by atoms with Crippen LogP contribution in [0.5, 0.6) is 0 Å². The van der Waals surface area contributed by atoms with Gasteiger partial charge in [0, 0.05) is 23.0 Å². The van der Waals surface area contributed by atoms with Gasteiger partial charge in [-0.1, -0.05) is 115 Å². The first-order chi connectivity index (χ1) is 15.3. The van der Waals surface area contributed by atoms with Gasteiger partial charge in [-0.3, -0.25) is 0 Å². The summed E-state index contributed by atoms with van der Waals surface area (Å²) in [6.45, 7) is 0. The highest BCUT2D eigenvalue weighted by atomic mass is 35.5. The average Bonchev–Trinajstić information content (AvgIpc) is 3.37. The van der Waals surface area contributed by atoms with Gasteiger partial charge >= 0.3 is 0 Å². The Balaban J connectivity index is 1.94. The number of hydrogen-bond donors (Lipinski definition) is 0. The van der Waals surface area contributed by atoms with Crippen LogP contribution in [-0.4, -0.2) is 9.55 Å². The number of rotatable bonds is 5. The summed E-state index contributed by atoms with van der Waals surface area (Å²) in [6, 6.07) is 37.7. The summed E-state index contributed by atoms with van der Waals surface area (Å²) in [5.41, 5.74) is 4.93. The number of imidazole rings is 1. The average molecular weight is 421 g/mol. The smallest absolute Gasteiger partial charge is 0.122 e. The van der Waals surface area contributed by atoms with E-state index in [4.69, 9.17) is 11.6 Å². The fraction of sp³-hybridized carbons (Fsp3) is 0.0357. The van der Waals surface area contributed by atoms with Gasteiger partial charge in [0.05, 0.1) is 6.33 Å². The van der Waals surface area contributed by atoms with Crippen molar-refractivity contribution in [3.05, 3.63) is 150 Å². The second-order valence-corrected chi connectivity index (χ2v) is 7.85. The van der Waals surface area contributed by atoms with Crippen LogP contribution in [0, 0.1) is 0 Å². The lowest BCUT2D eigenvalue weighted by atomic mass is 9.74. The SMILES string of the molecule is Clc1ccccc1-c1ccccc1C(c1ccccc1)(c1ccccc1)n1ccnc1. The third-order valence-corrected chi connectivity index (χ3v) is 6.09. The van der Waals surface area contributed by atoms with Gasteiger partial charge in [0.25, 0.3) is 0 Å². The molecule has 5 rings (SSSR count). The number of nitrogens with zero attached hydrogens (tertiary/aromatic N) is 2. The summed E-state index contributed by atoms with van der Waals surface area (Å²) in [5, 5.41) is 0.732. The Morgan fingerprint density at radius 1 is 0.613 bits per heavy atom. The van der Waals surface area contributed by atoms with E-state index in [1.165, 1.54) is 0 Å². The monoisotopic (exact) mass is 420 g/mol. The third-order valence-electron chi connectivity index (χ3n) is 5.76. The van der Waals surface area contributed by atoms with Gasteiger partial charge in [-0.25, -0.2) is 4.98 Å². The summed E-state index contributed by atoms with van der Waals surface area (Å²) in [5.74, 6) is 0. The molecule has 0 N–H and O–H groups in total. The molecule has 0 spiro atoms. The highest BCUT2D eigenvalue weighted by molar-refractivity contribution is 6.33. The molecule has 1 aromatic heterocycles. The van der Waals surface area contributed by atoms with Crippen LogP contribution in [0.3, 0.4) is 0 Å². The maximum Gasteiger partial charge on any atom is 0.122 e. The van der Waals surface area contributed by atoms with E-state index in [0.29, 0.717) is 0 Å². The van der Waals surface area contributed by atoms with Gasteiger partial charge in [0.1, 0.15) is 5.54 Å². The molecule has 2 nitrogen and oxygen atoms in total. The van der Waals surface area contributed by atoms with Gasteiger partial charge in [0.2, 0.25) is 0 Å². The van der Waals surface area contributed by atoms with Crippen molar-refractivity contribution in [3.8, 4) is 11.1 Å². The zero-order chi connectivity index (χ0) is 21.1. The molecule has 0 aliphatic carbocycles. The van der Waals surface area contributed by atoms with E-state index in [9.17, 15) is 0 Å². The van der Waals surface area contributed by atoms with Gasteiger partial charge in [-0.2, -0.15) is 0 Å². The standard InChI is InChI=1S/C28H21ClN2/c29-27-18-10-8-16-25(27)24-15-7-9-17-26(24)28(31-20-19-30-21-31,22-11-3-1-4-12-22)23-13-5-2-6-14-23/h1-21H. The van der Waals surface area contributed by atoms with Crippen molar-refractivity contribution < 1.29 is 0 Å². The van der Waals surface area contributed by atoms with Crippen molar-refractivity contribution in [2.24, 2.45) is 0 Å². The molecule has 31 heavy (non-hydrogen) atoms. The molecule has 0 unspecified atom stereocenters. The zero-order valence-electron chi connectivity index (χ0n) is 16.9. The molecule has 3 heteroatoms. The molecule has 4 aromatic carbocycles. The minimum absolute atomic E-state index is 0.616. The Kier molecular flexibility index (Phi) is 5.15. The van der Waals surface area contributed by atoms with Crippen molar-refractivity contribution in [1.29, 1.82) is 0 Å². The van der Waals surface area contributed by atoms with E-state index >= 15 is 0 Å². The van der Waals surface area contributed by atoms with Gasteiger partial charge in [-0.05, 0) is 28.3 Å². The van der Waals surface area contributed by atoms with E-state index < -0.39 is 5.54 Å². The first-order valence-electron chi connectivity index (χ1n) is 10.3. The molecule has 5 aromatic rings. The second-order valence-electron chi connectivity index (χ2n) is 7.44. The summed E-state index contributed by atoms with van der Waals surface area (Å²) < 4.78 is 2.19. The van der Waals surface area contributed by atoms with Gasteiger partial charge < -0.3 is 4.57 Å². The topological polar surface area (TPSA) is 17.8 Å². The molecule has 0 saturated heterocycles. The van der Waals surface area contributed by atoms with Crippen LogP contribution in [0.25, 0.3) is 11.1 Å². The number of halogens is 1. The van der Waals surface area contributed by atoms with Crippen molar-refractivity contribution in [2.75, 3.05) is 0 Å². The van der Waals surface area contributed by atoms with Crippen molar-refractivity contribution in [2.45, 2.75) is 5.54 Å². The lowest BCUT2D eigenvalue weighted by molar-refractivity contribution is 0.516. The summed E-state index contributed by atoms with van der Waals surface area (Å²) in [6.07, 6.45) is 5.76. The van der Waals surface area contributed by atoms with Crippen molar-refractivity contribution in [1.82, 2.24) is 9.55 Å². The maximum atomic E-state index is 6.68. The molecule has 0 fully saturated rings. The van der Waals surface area contributed by atoms with E-state index in [1.807, 2.05) is 49.1 Å². The lowest BCUT2D eigenvalue weighted by Gasteiger charge is -2.38. The maximum absolute atomic E-state index is 6.68. The molecule has 0 aliphatic heterocycles. The highest BCUT2D eigenvalue weighted by Gasteiger charge is 2.39. The normalized spacial score (nSPS) is 11.4. The Morgan fingerprint density at radius 2 is 1.16 bits per heavy atom. The largest absolute Gasteiger partial charge is 0.319 e. The van der Waals surface area contributed by atoms with E-state index in [1.54, 1.807) is 0 Å². The fourth-order valence-corrected chi connectivity index (χ4v) is 4.68. The quantitative estimate of drug-likeness (QED) is 0.279. The zero-order valence-corrected chi connectivity index (χ0v) is 17.7. The van der Waals surface area contributed by atoms with E-state index in [-0.39, 0.29) is 0 Å². The Labute approximate surface area is 187 Å². The molecular weight excluding hydrogens is 400 g/mol. The number of hydrogen-bond acceptors (Lipinski definition) is 1. The first-order valence-corrected chi connectivity index (χ1v) is 10.6. The van der Waals surface area contributed by atoms with Crippen LogP contribution in [0.2, 0.25) is 5.02 Å². The minimum Gasteiger partial charge on any atom is -0.319 e. The van der Waals surface area contributed by atoms with Crippen molar-refractivity contribution >= 4 is 11.6 Å². The molecule has 0 aliphatic rings. The molecule has 0 atom stereocenters. The van der Waals surface area contributed by atoms with Crippen LogP contribution < -0.4 is 0 Å².